The molecular weight excluding hydrogens is 159 g/mol. The van der Waals surface area contributed by atoms with Crippen LogP contribution in [0, 0.1) is 11.3 Å². The molecule has 12 heavy (non-hydrogen) atoms. The minimum Gasteiger partial charge on any atom is -0.366 e. The van der Waals surface area contributed by atoms with E-state index in [2.05, 4.69) is 15.3 Å². The maximum absolute atomic E-state index is 11.7. The highest BCUT2D eigenvalue weighted by atomic mass is 19.1. The third kappa shape index (κ3) is 2.16. The molecule has 5 heteroatoms. The highest BCUT2D eigenvalue weighted by molar-refractivity contribution is 5.32. The zero-order valence-electron chi connectivity index (χ0n) is 6.29. The zero-order valence-corrected chi connectivity index (χ0v) is 6.29. The summed E-state index contributed by atoms with van der Waals surface area (Å²) in [4.78, 5) is 7.57. The third-order valence-corrected chi connectivity index (χ3v) is 1.17. The van der Waals surface area contributed by atoms with Crippen molar-refractivity contribution in [3.05, 3.63) is 18.1 Å². The molecular formula is C7H7FN4. The normalized spacial score (nSPS) is 9.00. The second-order valence-corrected chi connectivity index (χ2v) is 2.01. The first kappa shape index (κ1) is 8.40. The number of nitriles is 1. The van der Waals surface area contributed by atoms with E-state index in [1.54, 1.807) is 0 Å². The molecule has 1 heterocycles. The van der Waals surface area contributed by atoms with Crippen LogP contribution in [0.2, 0.25) is 0 Å². The summed E-state index contributed by atoms with van der Waals surface area (Å²) in [6.45, 7) is -0.248. The summed E-state index contributed by atoms with van der Waals surface area (Å²) < 4.78 is 11.7. The van der Waals surface area contributed by atoms with Crippen molar-refractivity contribution in [2.45, 2.75) is 0 Å². The average molecular weight is 166 g/mol. The van der Waals surface area contributed by atoms with Gasteiger partial charge in [0.05, 0.1) is 12.4 Å². The fourth-order valence-corrected chi connectivity index (χ4v) is 0.652. The second-order valence-electron chi connectivity index (χ2n) is 2.01. The van der Waals surface area contributed by atoms with E-state index in [1.807, 2.05) is 6.07 Å². The minimum atomic E-state index is -0.457. The van der Waals surface area contributed by atoms with E-state index in [0.29, 0.717) is 5.82 Å². The highest BCUT2D eigenvalue weighted by Crippen LogP contribution is 1.98. The monoisotopic (exact) mass is 166 g/mol. The summed E-state index contributed by atoms with van der Waals surface area (Å²) in [5.41, 5.74) is 0.251. The van der Waals surface area contributed by atoms with Crippen LogP contribution in [0.25, 0.3) is 0 Å². The molecule has 0 aromatic carbocycles. The van der Waals surface area contributed by atoms with Crippen molar-refractivity contribution in [3.8, 4) is 6.07 Å². The van der Waals surface area contributed by atoms with Crippen molar-refractivity contribution in [1.82, 2.24) is 9.97 Å². The number of nitrogens with zero attached hydrogens (tertiary/aromatic N) is 3. The third-order valence-electron chi connectivity index (χ3n) is 1.17. The number of nitrogens with one attached hydrogen (secondary N) is 1. The summed E-state index contributed by atoms with van der Waals surface area (Å²) in [5, 5.41) is 11.1. The molecule has 1 N–H and O–H groups in total. The average Bonchev–Trinajstić information content (AvgIpc) is 2.15. The molecule has 0 saturated carbocycles. The molecule has 0 fully saturated rings. The molecule has 0 unspecified atom stereocenters. The van der Waals surface area contributed by atoms with E-state index >= 15 is 0 Å². The van der Waals surface area contributed by atoms with Gasteiger partial charge in [0.15, 0.2) is 5.69 Å². The van der Waals surface area contributed by atoms with Crippen LogP contribution in [0.1, 0.15) is 5.69 Å². The summed E-state index contributed by atoms with van der Waals surface area (Å²) in [7, 11) is 0. The van der Waals surface area contributed by atoms with Crippen LogP contribution in [-0.4, -0.2) is 23.2 Å². The summed E-state index contributed by atoms with van der Waals surface area (Å²) in [6.07, 6.45) is 2.73. The summed E-state index contributed by atoms with van der Waals surface area (Å²) >= 11 is 0. The Morgan fingerprint density at radius 1 is 1.50 bits per heavy atom. The van der Waals surface area contributed by atoms with E-state index in [1.165, 1.54) is 12.4 Å². The molecule has 0 aliphatic rings. The minimum absolute atomic E-state index is 0.209. The van der Waals surface area contributed by atoms with Crippen LogP contribution < -0.4 is 5.32 Å². The van der Waals surface area contributed by atoms with Gasteiger partial charge in [-0.15, -0.1) is 0 Å². The Kier molecular flexibility index (Phi) is 2.96. The van der Waals surface area contributed by atoms with Crippen molar-refractivity contribution in [1.29, 1.82) is 5.26 Å². The lowest BCUT2D eigenvalue weighted by Crippen LogP contribution is -2.05. The van der Waals surface area contributed by atoms with Gasteiger partial charge in [-0.05, 0) is 0 Å². The molecule has 0 aliphatic carbocycles. The van der Waals surface area contributed by atoms with E-state index in [4.69, 9.17) is 5.26 Å². The Bertz CT molecular complexity index is 276. The highest BCUT2D eigenvalue weighted by Gasteiger charge is 1.94. The van der Waals surface area contributed by atoms with Crippen LogP contribution in [-0.2, 0) is 0 Å². The van der Waals surface area contributed by atoms with Crippen molar-refractivity contribution in [3.63, 3.8) is 0 Å². The SMILES string of the molecule is N#Cc1cnc(NCCF)cn1. The van der Waals surface area contributed by atoms with Gasteiger partial charge in [-0.1, -0.05) is 0 Å². The molecule has 0 spiro atoms. The van der Waals surface area contributed by atoms with Crippen LogP contribution in [0.5, 0.6) is 0 Å². The molecule has 62 valence electrons. The van der Waals surface area contributed by atoms with Crippen LogP contribution >= 0.6 is 0 Å². The largest absolute Gasteiger partial charge is 0.366 e. The predicted molar refractivity (Wildman–Crippen MR) is 41.2 cm³/mol. The standard InChI is InChI=1S/C7H7FN4/c8-1-2-10-7-5-11-6(3-9)4-12-7/h4-5H,1-2H2,(H,10,12). The van der Waals surface area contributed by atoms with Crippen molar-refractivity contribution in [2.24, 2.45) is 0 Å². The Balaban J connectivity index is 2.60. The van der Waals surface area contributed by atoms with Crippen molar-refractivity contribution in [2.75, 3.05) is 18.5 Å². The molecule has 4 nitrogen and oxygen atoms in total. The molecule has 1 aromatic heterocycles. The molecule has 1 aromatic rings. The fourth-order valence-electron chi connectivity index (χ4n) is 0.652. The van der Waals surface area contributed by atoms with Gasteiger partial charge in [0.25, 0.3) is 0 Å². The second kappa shape index (κ2) is 4.23. The Labute approximate surface area is 69.1 Å². The van der Waals surface area contributed by atoms with Crippen LogP contribution in [0.4, 0.5) is 10.2 Å². The molecule has 0 aliphatic heterocycles. The topological polar surface area (TPSA) is 61.6 Å². The van der Waals surface area contributed by atoms with Gasteiger partial charge in [-0.2, -0.15) is 5.26 Å². The number of hydrogen-bond acceptors (Lipinski definition) is 4. The van der Waals surface area contributed by atoms with Gasteiger partial charge in [-0.25, -0.2) is 14.4 Å². The molecule has 0 radical (unpaired) electrons. The number of anilines is 1. The van der Waals surface area contributed by atoms with Crippen LogP contribution in [0.15, 0.2) is 12.4 Å². The molecule has 0 saturated heterocycles. The van der Waals surface area contributed by atoms with Gasteiger partial charge in [0.1, 0.15) is 18.6 Å². The van der Waals surface area contributed by atoms with Crippen molar-refractivity contribution >= 4 is 5.82 Å². The first-order valence-electron chi connectivity index (χ1n) is 3.39. The van der Waals surface area contributed by atoms with E-state index in [-0.39, 0.29) is 12.2 Å². The van der Waals surface area contributed by atoms with Gasteiger partial charge in [0.2, 0.25) is 0 Å². The van der Waals surface area contributed by atoms with E-state index < -0.39 is 6.67 Å². The summed E-state index contributed by atoms with van der Waals surface area (Å²) in [6, 6.07) is 1.83. The number of hydrogen-bond donors (Lipinski definition) is 1. The molecule has 0 atom stereocenters. The smallest absolute Gasteiger partial charge is 0.158 e. The number of alkyl halides is 1. The lowest BCUT2D eigenvalue weighted by molar-refractivity contribution is 0.512. The molecule has 0 bridgehead atoms. The van der Waals surface area contributed by atoms with Crippen LogP contribution in [0.3, 0.4) is 0 Å². The van der Waals surface area contributed by atoms with E-state index in [9.17, 15) is 4.39 Å². The lowest BCUT2D eigenvalue weighted by atomic mass is 10.5. The Morgan fingerprint density at radius 3 is 2.83 bits per heavy atom. The number of aromatic nitrogens is 2. The van der Waals surface area contributed by atoms with Gasteiger partial charge < -0.3 is 5.32 Å². The Hall–Kier alpha value is -1.70. The predicted octanol–water partition coefficient (Wildman–Crippen LogP) is 0.730. The maximum Gasteiger partial charge on any atom is 0.158 e. The fraction of sp³-hybridized carbons (Fsp3) is 0.286. The maximum atomic E-state index is 11.7. The van der Waals surface area contributed by atoms with Gasteiger partial charge >= 0.3 is 0 Å². The number of rotatable bonds is 3. The summed E-state index contributed by atoms with van der Waals surface area (Å²) in [5.74, 6) is 0.478. The molecule has 0 amide bonds. The zero-order chi connectivity index (χ0) is 8.81. The van der Waals surface area contributed by atoms with Crippen molar-refractivity contribution < 1.29 is 4.39 Å². The van der Waals surface area contributed by atoms with Gasteiger partial charge in [-0.3, -0.25) is 0 Å². The van der Waals surface area contributed by atoms with E-state index in [0.717, 1.165) is 0 Å². The first-order valence-corrected chi connectivity index (χ1v) is 3.39. The Morgan fingerprint density at radius 2 is 2.33 bits per heavy atom. The first-order chi connectivity index (χ1) is 5.86. The quantitative estimate of drug-likeness (QED) is 0.719. The number of halogens is 1. The lowest BCUT2D eigenvalue weighted by Gasteiger charge is -1.99. The molecule has 1 rings (SSSR count). The van der Waals surface area contributed by atoms with Gasteiger partial charge in [0, 0.05) is 6.54 Å².